The molecule has 3 heteroatoms. The lowest BCUT2D eigenvalue weighted by Crippen LogP contribution is -1.92. The summed E-state index contributed by atoms with van der Waals surface area (Å²) in [6.45, 7) is 3.72. The van der Waals surface area contributed by atoms with Crippen molar-refractivity contribution in [3.63, 3.8) is 0 Å². The monoisotopic (exact) mass is 209 g/mol. The molecule has 0 aliphatic rings. The summed E-state index contributed by atoms with van der Waals surface area (Å²) in [7, 11) is 5.81. The van der Waals surface area contributed by atoms with E-state index in [1.807, 2.05) is 6.08 Å². The number of allylic oxidation sites excluding steroid dienone is 1. The lowest BCUT2D eigenvalue weighted by molar-refractivity contribution is 1.02. The van der Waals surface area contributed by atoms with Crippen LogP contribution in [-0.2, 0) is 0 Å². The molecule has 0 saturated carbocycles. The lowest BCUT2D eigenvalue weighted by atomic mass is 10.6. The maximum Gasteiger partial charge on any atom is 0.0420 e. The summed E-state index contributed by atoms with van der Waals surface area (Å²) in [5.41, 5.74) is 0. The van der Waals surface area contributed by atoms with Crippen LogP contribution in [0.15, 0.2) is 12.7 Å². The van der Waals surface area contributed by atoms with Crippen molar-refractivity contribution in [1.82, 2.24) is 0 Å². The molecule has 0 rings (SSSR count). The summed E-state index contributed by atoms with van der Waals surface area (Å²) in [4.78, 5) is 0. The van der Waals surface area contributed by atoms with Crippen LogP contribution in [0, 0.1) is 0 Å². The molecular formula is C9H17Si3. The normalized spacial score (nSPS) is 10.1. The molecule has 0 spiro atoms. The van der Waals surface area contributed by atoms with E-state index in [9.17, 15) is 0 Å². The second kappa shape index (κ2) is 11.4. The maximum absolute atomic E-state index is 3.72. The molecule has 0 saturated heterocycles. The zero-order valence-corrected chi connectivity index (χ0v) is 10.7. The molecule has 12 heavy (non-hydrogen) atoms. The van der Waals surface area contributed by atoms with Crippen molar-refractivity contribution in [3.05, 3.63) is 12.7 Å². The van der Waals surface area contributed by atoms with E-state index in [-0.39, 0.29) is 0 Å². The van der Waals surface area contributed by atoms with E-state index in [2.05, 4.69) is 16.8 Å². The first-order valence-corrected chi connectivity index (χ1v) is 8.12. The summed E-state index contributed by atoms with van der Waals surface area (Å²) < 4.78 is 0. The van der Waals surface area contributed by atoms with E-state index in [1.54, 1.807) is 0 Å². The Morgan fingerprint density at radius 3 is 2.42 bits per heavy atom. The van der Waals surface area contributed by atoms with Crippen molar-refractivity contribution in [2.75, 3.05) is 0 Å². The Kier molecular flexibility index (Phi) is 11.8. The van der Waals surface area contributed by atoms with E-state index in [4.69, 9.17) is 0 Å². The fourth-order valence-electron chi connectivity index (χ4n) is 0.881. The average Bonchev–Trinajstić information content (AvgIpc) is 2.10. The molecule has 0 amide bonds. The van der Waals surface area contributed by atoms with Gasteiger partial charge in [0, 0.05) is 29.3 Å². The van der Waals surface area contributed by atoms with Gasteiger partial charge in [0.25, 0.3) is 0 Å². The van der Waals surface area contributed by atoms with Gasteiger partial charge in [-0.1, -0.05) is 43.1 Å². The highest BCUT2D eigenvalue weighted by Crippen LogP contribution is 2.01. The third-order valence-corrected chi connectivity index (χ3v) is 4.58. The highest BCUT2D eigenvalue weighted by molar-refractivity contribution is 6.37. The van der Waals surface area contributed by atoms with Gasteiger partial charge in [-0.2, -0.15) is 0 Å². The SMILES string of the molecule is C=CC[Si]CCC[Si]CCC[Si]. The predicted molar refractivity (Wildman–Crippen MR) is 60.7 cm³/mol. The molecule has 65 valence electrons. The summed E-state index contributed by atoms with van der Waals surface area (Å²) in [5, 5.41) is 0. The third kappa shape index (κ3) is 10.4. The summed E-state index contributed by atoms with van der Waals surface area (Å²) in [6.07, 6.45) is 4.82. The molecule has 0 aromatic carbocycles. The molecule has 0 unspecified atom stereocenters. The zero-order chi connectivity index (χ0) is 9.07. The van der Waals surface area contributed by atoms with E-state index in [0.717, 1.165) is 9.52 Å². The first-order valence-electron chi connectivity index (χ1n) is 4.58. The van der Waals surface area contributed by atoms with Crippen molar-refractivity contribution >= 4 is 29.3 Å². The van der Waals surface area contributed by atoms with Crippen LogP contribution >= 0.6 is 0 Å². The fraction of sp³-hybridized carbons (Fsp3) is 0.778. The van der Waals surface area contributed by atoms with Gasteiger partial charge in [0.05, 0.1) is 0 Å². The van der Waals surface area contributed by atoms with Gasteiger partial charge in [-0.3, -0.25) is 0 Å². The second-order valence-electron chi connectivity index (χ2n) is 2.70. The molecule has 0 aromatic heterocycles. The number of hydrogen-bond acceptors (Lipinski definition) is 0. The molecule has 0 atom stereocenters. The molecule has 0 bridgehead atoms. The second-order valence-corrected chi connectivity index (χ2v) is 6.11. The Labute approximate surface area is 85.3 Å². The van der Waals surface area contributed by atoms with Crippen molar-refractivity contribution in [2.45, 2.75) is 43.1 Å². The summed E-state index contributed by atoms with van der Waals surface area (Å²) in [5.74, 6) is 0. The first-order chi connectivity index (χ1) is 5.91. The van der Waals surface area contributed by atoms with Crippen molar-refractivity contribution in [2.24, 2.45) is 0 Å². The fourth-order valence-corrected chi connectivity index (χ4v) is 3.70. The van der Waals surface area contributed by atoms with Gasteiger partial charge in [-0.25, -0.2) is 0 Å². The van der Waals surface area contributed by atoms with Gasteiger partial charge in [-0.15, -0.1) is 6.58 Å². The van der Waals surface area contributed by atoms with Crippen molar-refractivity contribution in [3.8, 4) is 0 Å². The summed E-state index contributed by atoms with van der Waals surface area (Å²) in [6, 6.07) is 6.70. The highest BCUT2D eigenvalue weighted by Gasteiger charge is 1.91. The Hall–Kier alpha value is 0.391. The quantitative estimate of drug-likeness (QED) is 0.311. The third-order valence-electron chi connectivity index (χ3n) is 1.53. The maximum atomic E-state index is 3.72. The van der Waals surface area contributed by atoms with Crippen LogP contribution in [0.1, 0.15) is 12.8 Å². The predicted octanol–water partition coefficient (Wildman–Crippen LogP) is 2.62. The van der Waals surface area contributed by atoms with E-state index in [1.165, 1.54) is 52.6 Å². The lowest BCUT2D eigenvalue weighted by Gasteiger charge is -1.97. The van der Waals surface area contributed by atoms with Gasteiger partial charge >= 0.3 is 0 Å². The smallest absolute Gasteiger partial charge is 0.0420 e. The number of hydrogen-bond donors (Lipinski definition) is 0. The molecule has 0 aliphatic carbocycles. The minimum Gasteiger partial charge on any atom is -0.103 e. The van der Waals surface area contributed by atoms with Gasteiger partial charge in [0.15, 0.2) is 0 Å². The Morgan fingerprint density at radius 1 is 1.08 bits per heavy atom. The van der Waals surface area contributed by atoms with Crippen molar-refractivity contribution < 1.29 is 0 Å². The van der Waals surface area contributed by atoms with Gasteiger partial charge in [0.1, 0.15) is 0 Å². The molecule has 0 aliphatic heterocycles. The Bertz CT molecular complexity index is 93.8. The minimum absolute atomic E-state index is 1.12. The Morgan fingerprint density at radius 2 is 1.75 bits per heavy atom. The molecule has 7 radical (unpaired) electrons. The standard InChI is InChI=1S/C9H17Si3/c1-2-6-11-8-4-9-12-7-3-5-10/h2H,1,3-9H2. The molecule has 0 fully saturated rings. The van der Waals surface area contributed by atoms with E-state index >= 15 is 0 Å². The topological polar surface area (TPSA) is 0 Å². The molecular weight excluding hydrogens is 192 g/mol. The van der Waals surface area contributed by atoms with Crippen molar-refractivity contribution in [1.29, 1.82) is 0 Å². The van der Waals surface area contributed by atoms with Crippen LogP contribution in [0.3, 0.4) is 0 Å². The molecule has 0 heterocycles. The van der Waals surface area contributed by atoms with Crippen LogP contribution < -0.4 is 0 Å². The number of rotatable bonds is 9. The Balaban J connectivity index is 2.77. The molecule has 0 N–H and O–H groups in total. The van der Waals surface area contributed by atoms with Crippen LogP contribution in [0.25, 0.3) is 0 Å². The van der Waals surface area contributed by atoms with Crippen LogP contribution in [0.4, 0.5) is 0 Å². The van der Waals surface area contributed by atoms with Crippen LogP contribution in [-0.4, -0.2) is 29.3 Å². The first kappa shape index (κ1) is 12.4. The average molecular weight is 209 g/mol. The zero-order valence-electron chi connectivity index (χ0n) is 7.73. The molecule has 0 nitrogen and oxygen atoms in total. The highest BCUT2D eigenvalue weighted by atomic mass is 28.2. The van der Waals surface area contributed by atoms with E-state index < -0.39 is 0 Å². The van der Waals surface area contributed by atoms with Gasteiger partial charge in [-0.05, 0) is 6.04 Å². The summed E-state index contributed by atoms with van der Waals surface area (Å²) >= 11 is 0. The molecule has 0 aromatic rings. The van der Waals surface area contributed by atoms with Gasteiger partial charge < -0.3 is 0 Å². The largest absolute Gasteiger partial charge is 0.103 e. The van der Waals surface area contributed by atoms with Crippen LogP contribution in [0.2, 0.25) is 30.2 Å². The van der Waals surface area contributed by atoms with Gasteiger partial charge in [0.2, 0.25) is 0 Å². The van der Waals surface area contributed by atoms with E-state index in [0.29, 0.717) is 0 Å². The van der Waals surface area contributed by atoms with Crippen LogP contribution in [0.5, 0.6) is 0 Å². The minimum atomic E-state index is 1.12.